The molecule has 1 heterocycles. The number of rotatable bonds is 4. The topological polar surface area (TPSA) is 33.1 Å². The second kappa shape index (κ2) is 5.80. The van der Waals surface area contributed by atoms with E-state index in [9.17, 15) is 5.11 Å². The first-order valence-corrected chi connectivity index (χ1v) is 5.97. The Labute approximate surface area is 106 Å². The Morgan fingerprint density at radius 1 is 1.12 bits per heavy atom. The summed E-state index contributed by atoms with van der Waals surface area (Å²) < 4.78 is 0. The van der Waals surface area contributed by atoms with Crippen molar-refractivity contribution < 1.29 is 5.11 Å². The zero-order valence-electron chi connectivity index (χ0n) is 9.38. The minimum absolute atomic E-state index is 0.448. The summed E-state index contributed by atoms with van der Waals surface area (Å²) in [6.07, 6.45) is 2.68. The molecule has 0 spiro atoms. The lowest BCUT2D eigenvalue weighted by Gasteiger charge is -2.10. The monoisotopic (exact) mass is 247 g/mol. The van der Waals surface area contributed by atoms with Gasteiger partial charge in [0.05, 0.1) is 6.10 Å². The first kappa shape index (κ1) is 12.1. The van der Waals surface area contributed by atoms with Crippen molar-refractivity contribution in [2.45, 2.75) is 18.9 Å². The van der Waals surface area contributed by atoms with Gasteiger partial charge in [0.2, 0.25) is 0 Å². The van der Waals surface area contributed by atoms with Gasteiger partial charge in [-0.3, -0.25) is 0 Å². The fraction of sp³-hybridized carbons (Fsp3) is 0.214. The molecule has 2 nitrogen and oxygen atoms in total. The maximum atomic E-state index is 9.99. The first-order chi connectivity index (χ1) is 8.25. The van der Waals surface area contributed by atoms with Crippen LogP contribution in [0.15, 0.2) is 48.7 Å². The van der Waals surface area contributed by atoms with Crippen molar-refractivity contribution in [1.82, 2.24) is 4.98 Å². The van der Waals surface area contributed by atoms with E-state index < -0.39 is 6.10 Å². The molecule has 0 aliphatic carbocycles. The van der Waals surface area contributed by atoms with Crippen LogP contribution in [0.1, 0.15) is 23.7 Å². The third-order valence-corrected chi connectivity index (χ3v) is 2.91. The van der Waals surface area contributed by atoms with Crippen molar-refractivity contribution in [1.29, 1.82) is 0 Å². The predicted octanol–water partition coefficient (Wildman–Crippen LogP) is 3.40. The van der Waals surface area contributed by atoms with E-state index in [1.165, 1.54) is 5.56 Å². The Hall–Kier alpha value is -1.38. The Kier molecular flexibility index (Phi) is 4.13. The molecule has 1 aromatic carbocycles. The molecule has 0 radical (unpaired) electrons. The van der Waals surface area contributed by atoms with E-state index in [4.69, 9.17) is 11.6 Å². The molecule has 0 aliphatic rings. The third kappa shape index (κ3) is 3.55. The molecule has 0 saturated heterocycles. The van der Waals surface area contributed by atoms with Gasteiger partial charge in [0.1, 0.15) is 5.15 Å². The molecular formula is C14H14ClNO. The maximum Gasteiger partial charge on any atom is 0.129 e. The van der Waals surface area contributed by atoms with Gasteiger partial charge >= 0.3 is 0 Å². The Morgan fingerprint density at radius 3 is 2.53 bits per heavy atom. The van der Waals surface area contributed by atoms with Crippen LogP contribution >= 0.6 is 11.6 Å². The number of halogens is 1. The minimum Gasteiger partial charge on any atom is -0.388 e. The summed E-state index contributed by atoms with van der Waals surface area (Å²) in [6, 6.07) is 13.6. The number of aliphatic hydroxyl groups is 1. The van der Waals surface area contributed by atoms with E-state index in [-0.39, 0.29) is 0 Å². The van der Waals surface area contributed by atoms with Crippen molar-refractivity contribution >= 4 is 11.6 Å². The van der Waals surface area contributed by atoms with Gasteiger partial charge in [-0.05, 0) is 30.0 Å². The highest BCUT2D eigenvalue weighted by Crippen LogP contribution is 2.19. The lowest BCUT2D eigenvalue weighted by atomic mass is 10.0. The molecular weight excluding hydrogens is 234 g/mol. The minimum atomic E-state index is -0.486. The number of aryl methyl sites for hydroxylation is 1. The molecule has 0 fully saturated rings. The van der Waals surface area contributed by atoms with Crippen LogP contribution in [-0.4, -0.2) is 10.1 Å². The lowest BCUT2D eigenvalue weighted by Crippen LogP contribution is -2.00. The van der Waals surface area contributed by atoms with Crippen LogP contribution < -0.4 is 0 Å². The molecule has 0 aliphatic heterocycles. The summed E-state index contributed by atoms with van der Waals surface area (Å²) in [4.78, 5) is 3.96. The number of nitrogens with zero attached hydrogens (tertiary/aromatic N) is 1. The Morgan fingerprint density at radius 2 is 1.88 bits per heavy atom. The van der Waals surface area contributed by atoms with Gasteiger partial charge < -0.3 is 5.11 Å². The van der Waals surface area contributed by atoms with Crippen LogP contribution in [0.4, 0.5) is 0 Å². The average molecular weight is 248 g/mol. The van der Waals surface area contributed by atoms with E-state index in [0.717, 1.165) is 12.0 Å². The molecule has 1 unspecified atom stereocenters. The van der Waals surface area contributed by atoms with Gasteiger partial charge in [0.15, 0.2) is 0 Å². The molecule has 1 aromatic heterocycles. The van der Waals surface area contributed by atoms with Crippen LogP contribution in [0.3, 0.4) is 0 Å². The quantitative estimate of drug-likeness (QED) is 0.840. The second-order valence-corrected chi connectivity index (χ2v) is 4.34. The van der Waals surface area contributed by atoms with Crippen LogP contribution in [0, 0.1) is 0 Å². The smallest absolute Gasteiger partial charge is 0.129 e. The molecule has 0 amide bonds. The first-order valence-electron chi connectivity index (χ1n) is 5.59. The fourth-order valence-corrected chi connectivity index (χ4v) is 1.81. The Bertz CT molecular complexity index is 455. The zero-order valence-corrected chi connectivity index (χ0v) is 10.1. The highest BCUT2D eigenvalue weighted by Gasteiger charge is 2.07. The summed E-state index contributed by atoms with van der Waals surface area (Å²) in [5.41, 5.74) is 2.04. The van der Waals surface area contributed by atoms with Gasteiger partial charge in [-0.15, -0.1) is 0 Å². The second-order valence-electron chi connectivity index (χ2n) is 3.95. The van der Waals surface area contributed by atoms with E-state index in [1.807, 2.05) is 24.3 Å². The molecule has 1 atom stereocenters. The third-order valence-electron chi connectivity index (χ3n) is 2.68. The number of hydrogen-bond acceptors (Lipinski definition) is 2. The summed E-state index contributed by atoms with van der Waals surface area (Å²) in [5.74, 6) is 0. The molecule has 17 heavy (non-hydrogen) atoms. The molecule has 0 bridgehead atoms. The van der Waals surface area contributed by atoms with Gasteiger partial charge in [0, 0.05) is 6.20 Å². The van der Waals surface area contributed by atoms with Crippen LogP contribution in [-0.2, 0) is 6.42 Å². The number of benzene rings is 1. The standard InChI is InChI=1S/C14H14ClNO/c15-14-9-7-12(10-16-14)13(17)8-6-11-4-2-1-3-5-11/h1-5,7,9-10,13,17H,6,8H2. The predicted molar refractivity (Wildman–Crippen MR) is 69.0 cm³/mol. The van der Waals surface area contributed by atoms with Gasteiger partial charge in [-0.1, -0.05) is 48.0 Å². The molecule has 1 N–H and O–H groups in total. The molecule has 2 rings (SSSR count). The molecule has 2 aromatic rings. The Balaban J connectivity index is 1.93. The van der Waals surface area contributed by atoms with E-state index in [0.29, 0.717) is 11.6 Å². The number of hydrogen-bond donors (Lipinski definition) is 1. The highest BCUT2D eigenvalue weighted by molar-refractivity contribution is 6.29. The van der Waals surface area contributed by atoms with Gasteiger partial charge in [-0.2, -0.15) is 0 Å². The van der Waals surface area contributed by atoms with Gasteiger partial charge in [-0.25, -0.2) is 4.98 Å². The van der Waals surface area contributed by atoms with E-state index >= 15 is 0 Å². The van der Waals surface area contributed by atoms with Crippen LogP contribution in [0.2, 0.25) is 5.15 Å². The number of aromatic nitrogens is 1. The highest BCUT2D eigenvalue weighted by atomic mass is 35.5. The summed E-state index contributed by atoms with van der Waals surface area (Å²) in [6.45, 7) is 0. The van der Waals surface area contributed by atoms with Crippen molar-refractivity contribution in [3.63, 3.8) is 0 Å². The van der Waals surface area contributed by atoms with Crippen LogP contribution in [0.25, 0.3) is 0 Å². The number of aliphatic hydroxyl groups excluding tert-OH is 1. The summed E-state index contributed by atoms with van der Waals surface area (Å²) in [5, 5.41) is 10.4. The van der Waals surface area contributed by atoms with Crippen molar-refractivity contribution in [3.8, 4) is 0 Å². The summed E-state index contributed by atoms with van der Waals surface area (Å²) in [7, 11) is 0. The van der Waals surface area contributed by atoms with Crippen molar-refractivity contribution in [3.05, 3.63) is 64.9 Å². The lowest BCUT2D eigenvalue weighted by molar-refractivity contribution is 0.167. The summed E-state index contributed by atoms with van der Waals surface area (Å²) >= 11 is 5.70. The maximum absolute atomic E-state index is 9.99. The fourth-order valence-electron chi connectivity index (χ4n) is 1.70. The zero-order chi connectivity index (χ0) is 12.1. The SMILES string of the molecule is OC(CCc1ccccc1)c1ccc(Cl)nc1. The average Bonchev–Trinajstić information content (AvgIpc) is 2.38. The number of pyridine rings is 1. The molecule has 0 saturated carbocycles. The largest absolute Gasteiger partial charge is 0.388 e. The van der Waals surface area contributed by atoms with Crippen molar-refractivity contribution in [2.24, 2.45) is 0 Å². The van der Waals surface area contributed by atoms with Gasteiger partial charge in [0.25, 0.3) is 0 Å². The van der Waals surface area contributed by atoms with E-state index in [1.54, 1.807) is 12.3 Å². The van der Waals surface area contributed by atoms with Crippen LogP contribution in [0.5, 0.6) is 0 Å². The van der Waals surface area contributed by atoms with E-state index in [2.05, 4.69) is 17.1 Å². The molecule has 3 heteroatoms. The van der Waals surface area contributed by atoms with Crippen molar-refractivity contribution in [2.75, 3.05) is 0 Å². The normalized spacial score (nSPS) is 12.4. The molecule has 88 valence electrons.